The molecule has 0 saturated carbocycles. The van der Waals surface area contributed by atoms with Crippen LogP contribution in [0.15, 0.2) is 18.2 Å². The molecule has 2 N–H and O–H groups in total. The Morgan fingerprint density at radius 3 is 2.57 bits per heavy atom. The van der Waals surface area contributed by atoms with Crippen LogP contribution in [0.5, 0.6) is 5.75 Å². The van der Waals surface area contributed by atoms with Gasteiger partial charge in [0.15, 0.2) is 5.75 Å². The van der Waals surface area contributed by atoms with Crippen LogP contribution in [-0.2, 0) is 0 Å². The third kappa shape index (κ3) is 4.99. The van der Waals surface area contributed by atoms with E-state index in [1.54, 1.807) is 19.1 Å². The minimum absolute atomic E-state index is 0.0348. The van der Waals surface area contributed by atoms with Gasteiger partial charge in [-0.2, -0.15) is 0 Å². The molecule has 6 heteroatoms. The second-order valence-electron chi connectivity index (χ2n) is 5.36. The third-order valence-electron chi connectivity index (χ3n) is 3.38. The maximum Gasteiger partial charge on any atom is 0.311 e. The smallest absolute Gasteiger partial charge is 0.311 e. The number of aliphatic hydroxyl groups is 1. The number of nitro benzene ring substituents is 1. The molecule has 0 aliphatic heterocycles. The largest absolute Gasteiger partial charge is 0.487 e. The van der Waals surface area contributed by atoms with Gasteiger partial charge in [0.05, 0.1) is 17.6 Å². The molecule has 2 unspecified atom stereocenters. The van der Waals surface area contributed by atoms with Gasteiger partial charge >= 0.3 is 5.69 Å². The highest BCUT2D eigenvalue weighted by Crippen LogP contribution is 2.30. The lowest BCUT2D eigenvalue weighted by Crippen LogP contribution is -2.32. The van der Waals surface area contributed by atoms with Crippen molar-refractivity contribution in [3.8, 4) is 5.75 Å². The van der Waals surface area contributed by atoms with Crippen LogP contribution >= 0.6 is 0 Å². The lowest BCUT2D eigenvalue weighted by Gasteiger charge is -2.19. The number of hydrogen-bond donors (Lipinski definition) is 2. The summed E-state index contributed by atoms with van der Waals surface area (Å²) in [5.74, 6) is 0.444. The Morgan fingerprint density at radius 2 is 2.05 bits per heavy atom. The van der Waals surface area contributed by atoms with Crippen molar-refractivity contribution in [2.75, 3.05) is 13.2 Å². The second-order valence-corrected chi connectivity index (χ2v) is 5.36. The first-order valence-corrected chi connectivity index (χ1v) is 7.19. The van der Waals surface area contributed by atoms with Gasteiger partial charge in [0, 0.05) is 18.7 Å². The number of rotatable bonds is 8. The molecule has 0 saturated heterocycles. The molecule has 6 nitrogen and oxygen atoms in total. The van der Waals surface area contributed by atoms with E-state index in [1.165, 1.54) is 6.07 Å². The Bertz CT molecular complexity index is 477. The maximum absolute atomic E-state index is 11.1. The standard InChI is InChI=1S/C15H24N2O4/c1-5-21-15-7-6-12(8-13(15)17(19)20)11(4)16-9-14(18)10(2)3/h6-8,10-11,14,16,18H,5,9H2,1-4H3. The lowest BCUT2D eigenvalue weighted by molar-refractivity contribution is -0.385. The average molecular weight is 296 g/mol. The van der Waals surface area contributed by atoms with E-state index in [4.69, 9.17) is 4.74 Å². The van der Waals surface area contributed by atoms with Gasteiger partial charge in [-0.3, -0.25) is 10.1 Å². The van der Waals surface area contributed by atoms with E-state index in [0.29, 0.717) is 13.2 Å². The van der Waals surface area contributed by atoms with Crippen molar-refractivity contribution in [2.45, 2.75) is 39.8 Å². The number of hydrogen-bond acceptors (Lipinski definition) is 5. The minimum atomic E-state index is -0.440. The molecule has 0 aliphatic rings. The van der Waals surface area contributed by atoms with Gasteiger partial charge in [0.2, 0.25) is 0 Å². The van der Waals surface area contributed by atoms with Crippen molar-refractivity contribution >= 4 is 5.69 Å². The summed E-state index contributed by atoms with van der Waals surface area (Å²) < 4.78 is 5.26. The average Bonchev–Trinajstić information content (AvgIpc) is 2.44. The van der Waals surface area contributed by atoms with E-state index >= 15 is 0 Å². The van der Waals surface area contributed by atoms with E-state index in [1.807, 2.05) is 20.8 Å². The fourth-order valence-electron chi connectivity index (χ4n) is 1.88. The second kappa shape index (κ2) is 7.95. The number of aliphatic hydroxyl groups excluding tert-OH is 1. The van der Waals surface area contributed by atoms with Gasteiger partial charge in [0.25, 0.3) is 0 Å². The van der Waals surface area contributed by atoms with Gasteiger partial charge in [-0.05, 0) is 31.4 Å². The maximum atomic E-state index is 11.1. The summed E-state index contributed by atoms with van der Waals surface area (Å²) in [6, 6.07) is 4.85. The first-order chi connectivity index (χ1) is 9.86. The number of benzene rings is 1. The molecule has 1 aromatic rings. The zero-order valence-electron chi connectivity index (χ0n) is 13.0. The molecule has 0 amide bonds. The van der Waals surface area contributed by atoms with Gasteiger partial charge < -0.3 is 15.2 Å². The van der Waals surface area contributed by atoms with E-state index in [0.717, 1.165) is 5.56 Å². The Hall–Kier alpha value is -1.66. The van der Waals surface area contributed by atoms with Gasteiger partial charge in [0.1, 0.15) is 0 Å². The third-order valence-corrected chi connectivity index (χ3v) is 3.38. The molecule has 2 atom stereocenters. The quantitative estimate of drug-likeness (QED) is 0.569. The molecule has 118 valence electrons. The Morgan fingerprint density at radius 1 is 1.38 bits per heavy atom. The molecule has 0 aliphatic carbocycles. The van der Waals surface area contributed by atoms with Crippen molar-refractivity contribution in [3.63, 3.8) is 0 Å². The van der Waals surface area contributed by atoms with E-state index in [-0.39, 0.29) is 23.4 Å². The summed E-state index contributed by atoms with van der Waals surface area (Å²) in [7, 11) is 0. The van der Waals surface area contributed by atoms with Crippen molar-refractivity contribution in [1.29, 1.82) is 0 Å². The summed E-state index contributed by atoms with van der Waals surface area (Å²) in [6.07, 6.45) is -0.440. The van der Waals surface area contributed by atoms with Crippen LogP contribution in [-0.4, -0.2) is 29.3 Å². The molecule has 1 rings (SSSR count). The molecule has 0 bridgehead atoms. The molecule has 0 aromatic heterocycles. The van der Waals surface area contributed by atoms with Gasteiger partial charge in [-0.25, -0.2) is 0 Å². The Kier molecular flexibility index (Phi) is 6.58. The lowest BCUT2D eigenvalue weighted by atomic mass is 10.0. The van der Waals surface area contributed by atoms with Crippen LogP contribution in [0.1, 0.15) is 39.3 Å². The fourth-order valence-corrected chi connectivity index (χ4v) is 1.88. The summed E-state index contributed by atoms with van der Waals surface area (Å²) >= 11 is 0. The summed E-state index contributed by atoms with van der Waals surface area (Å²) in [5, 5.41) is 24.1. The van der Waals surface area contributed by atoms with E-state index < -0.39 is 11.0 Å². The van der Waals surface area contributed by atoms with Crippen LogP contribution in [0, 0.1) is 16.0 Å². The van der Waals surface area contributed by atoms with Gasteiger partial charge in [-0.15, -0.1) is 0 Å². The Balaban J connectivity index is 2.83. The molecular formula is C15H24N2O4. The monoisotopic (exact) mass is 296 g/mol. The van der Waals surface area contributed by atoms with Crippen molar-refractivity contribution < 1.29 is 14.8 Å². The highest BCUT2D eigenvalue weighted by molar-refractivity contribution is 5.49. The highest BCUT2D eigenvalue weighted by Gasteiger charge is 2.18. The van der Waals surface area contributed by atoms with Crippen LogP contribution in [0.25, 0.3) is 0 Å². The molecule has 1 aromatic carbocycles. The van der Waals surface area contributed by atoms with Crippen LogP contribution in [0.2, 0.25) is 0 Å². The number of nitrogens with zero attached hydrogens (tertiary/aromatic N) is 1. The van der Waals surface area contributed by atoms with Crippen LogP contribution in [0.4, 0.5) is 5.69 Å². The summed E-state index contributed by atoms with van der Waals surface area (Å²) in [5.41, 5.74) is 0.758. The van der Waals surface area contributed by atoms with Crippen molar-refractivity contribution in [1.82, 2.24) is 5.32 Å². The molecule has 0 heterocycles. The molecule has 21 heavy (non-hydrogen) atoms. The predicted molar refractivity (Wildman–Crippen MR) is 81.5 cm³/mol. The van der Waals surface area contributed by atoms with Crippen LogP contribution in [0.3, 0.4) is 0 Å². The Labute approximate surface area is 125 Å². The summed E-state index contributed by atoms with van der Waals surface area (Å²) in [4.78, 5) is 10.7. The minimum Gasteiger partial charge on any atom is -0.487 e. The van der Waals surface area contributed by atoms with Crippen molar-refractivity contribution in [2.24, 2.45) is 5.92 Å². The van der Waals surface area contributed by atoms with E-state index in [2.05, 4.69) is 5.32 Å². The molecule has 0 spiro atoms. The van der Waals surface area contributed by atoms with Crippen LogP contribution < -0.4 is 10.1 Å². The normalized spacial score (nSPS) is 14.0. The molecule has 0 radical (unpaired) electrons. The fraction of sp³-hybridized carbons (Fsp3) is 0.600. The van der Waals surface area contributed by atoms with Crippen molar-refractivity contribution in [3.05, 3.63) is 33.9 Å². The highest BCUT2D eigenvalue weighted by atomic mass is 16.6. The summed E-state index contributed by atoms with van der Waals surface area (Å²) in [6.45, 7) is 8.41. The topological polar surface area (TPSA) is 84.6 Å². The SMILES string of the molecule is CCOc1ccc(C(C)NCC(O)C(C)C)cc1[N+](=O)[O-]. The number of nitrogens with one attached hydrogen (secondary N) is 1. The first-order valence-electron chi connectivity index (χ1n) is 7.19. The number of ether oxygens (including phenoxy) is 1. The zero-order chi connectivity index (χ0) is 16.0. The zero-order valence-corrected chi connectivity index (χ0v) is 13.0. The molecular weight excluding hydrogens is 272 g/mol. The molecule has 0 fully saturated rings. The van der Waals surface area contributed by atoms with E-state index in [9.17, 15) is 15.2 Å². The number of nitro groups is 1. The van der Waals surface area contributed by atoms with Gasteiger partial charge in [-0.1, -0.05) is 19.9 Å². The first kappa shape index (κ1) is 17.4. The predicted octanol–water partition coefficient (Wildman–Crippen LogP) is 2.66.